The highest BCUT2D eigenvalue weighted by molar-refractivity contribution is 5.87. The maximum Gasteiger partial charge on any atom is 0.317 e. The lowest BCUT2D eigenvalue weighted by Gasteiger charge is -2.43. The quantitative estimate of drug-likeness (QED) is 0.704. The number of hydrogen-bond acceptors (Lipinski definition) is 4. The van der Waals surface area contributed by atoms with Crippen molar-refractivity contribution in [2.45, 2.75) is 63.6 Å². The van der Waals surface area contributed by atoms with Gasteiger partial charge in [-0.2, -0.15) is 0 Å². The lowest BCUT2D eigenvalue weighted by atomic mass is 9.85. The molecule has 0 radical (unpaired) electrons. The first kappa shape index (κ1) is 17.2. The largest absolute Gasteiger partial charge is 0.480 e. The maximum atomic E-state index is 12.4. The number of hydrogen-bond donors (Lipinski definition) is 2. The summed E-state index contributed by atoms with van der Waals surface area (Å²) in [6.45, 7) is 3.11. The van der Waals surface area contributed by atoms with Crippen molar-refractivity contribution in [2.75, 3.05) is 19.6 Å². The molecule has 0 aromatic heterocycles. The second kappa shape index (κ2) is 7.09. The van der Waals surface area contributed by atoms with Gasteiger partial charge in [0.05, 0.1) is 6.54 Å². The van der Waals surface area contributed by atoms with E-state index in [1.807, 2.05) is 0 Å². The highest BCUT2D eigenvalue weighted by Gasteiger charge is 2.40. The molecule has 7 heteroatoms. The summed E-state index contributed by atoms with van der Waals surface area (Å²) in [5.74, 6) is -0.235. The second-order valence-electron chi connectivity index (χ2n) is 7.47. The maximum absolute atomic E-state index is 12.4. The summed E-state index contributed by atoms with van der Waals surface area (Å²) in [5.41, 5.74) is 0. The molecule has 134 valence electrons. The molecule has 2 aliphatic carbocycles. The number of carbonyl (C=O) groups is 3. The molecule has 0 aromatic rings. The van der Waals surface area contributed by atoms with E-state index >= 15 is 0 Å². The average molecular weight is 337 g/mol. The molecule has 2 saturated carbocycles. The van der Waals surface area contributed by atoms with E-state index in [4.69, 9.17) is 5.11 Å². The topological polar surface area (TPSA) is 90.0 Å². The third kappa shape index (κ3) is 4.06. The van der Waals surface area contributed by atoms with Gasteiger partial charge in [0.15, 0.2) is 0 Å². The highest BCUT2D eigenvalue weighted by Crippen LogP contribution is 2.34. The molecule has 3 aliphatic rings. The molecular weight excluding hydrogens is 310 g/mol. The fraction of sp³-hybridized carbons (Fsp3) is 0.824. The summed E-state index contributed by atoms with van der Waals surface area (Å²) in [6.07, 6.45) is 5.61. The first-order valence-electron chi connectivity index (χ1n) is 8.97. The van der Waals surface area contributed by atoms with E-state index < -0.39 is 5.97 Å². The van der Waals surface area contributed by atoms with Gasteiger partial charge in [0, 0.05) is 32.1 Å². The van der Waals surface area contributed by atoms with Crippen LogP contribution in [0.15, 0.2) is 0 Å². The van der Waals surface area contributed by atoms with Crippen LogP contribution < -0.4 is 5.32 Å². The lowest BCUT2D eigenvalue weighted by Crippen LogP contribution is -2.57. The highest BCUT2D eigenvalue weighted by atomic mass is 16.4. The van der Waals surface area contributed by atoms with Crippen LogP contribution in [0.25, 0.3) is 0 Å². The summed E-state index contributed by atoms with van der Waals surface area (Å²) in [7, 11) is 0. The summed E-state index contributed by atoms with van der Waals surface area (Å²) < 4.78 is 0. The van der Waals surface area contributed by atoms with Crippen LogP contribution in [0.2, 0.25) is 0 Å². The van der Waals surface area contributed by atoms with E-state index in [9.17, 15) is 14.4 Å². The summed E-state index contributed by atoms with van der Waals surface area (Å²) in [4.78, 5) is 38.7. The lowest BCUT2D eigenvalue weighted by molar-refractivity contribution is -0.140. The smallest absolute Gasteiger partial charge is 0.317 e. The summed E-state index contributed by atoms with van der Waals surface area (Å²) in [5, 5.41) is 12.1. The molecule has 0 unspecified atom stereocenters. The van der Waals surface area contributed by atoms with Gasteiger partial charge < -0.3 is 15.3 Å². The van der Waals surface area contributed by atoms with Gasteiger partial charge in [-0.3, -0.25) is 19.3 Å². The van der Waals surface area contributed by atoms with Gasteiger partial charge in [0.25, 0.3) is 0 Å². The van der Waals surface area contributed by atoms with Gasteiger partial charge >= 0.3 is 5.97 Å². The SMILES string of the molecule is CC(=O)N1CCC[C@@H]1C(=O)NC1CC(N(CC(=O)O)CC2CC2)C1. The molecule has 0 aromatic carbocycles. The van der Waals surface area contributed by atoms with Gasteiger partial charge in [0.2, 0.25) is 11.8 Å². The van der Waals surface area contributed by atoms with Crippen molar-refractivity contribution in [2.24, 2.45) is 5.92 Å². The Morgan fingerprint density at radius 3 is 2.50 bits per heavy atom. The fourth-order valence-electron chi connectivity index (χ4n) is 3.87. The van der Waals surface area contributed by atoms with Crippen molar-refractivity contribution < 1.29 is 19.5 Å². The van der Waals surface area contributed by atoms with E-state index in [2.05, 4.69) is 10.2 Å². The molecule has 1 atom stereocenters. The normalized spacial score (nSPS) is 29.4. The molecule has 1 aliphatic heterocycles. The molecular formula is C17H27N3O4. The van der Waals surface area contributed by atoms with Gasteiger partial charge in [-0.05, 0) is 44.4 Å². The predicted octanol–water partition coefficient (Wildman–Crippen LogP) is 0.441. The predicted molar refractivity (Wildman–Crippen MR) is 87.3 cm³/mol. The molecule has 3 fully saturated rings. The van der Waals surface area contributed by atoms with Crippen LogP contribution in [0.1, 0.15) is 45.4 Å². The number of rotatable bonds is 7. The van der Waals surface area contributed by atoms with E-state index in [1.54, 1.807) is 4.90 Å². The van der Waals surface area contributed by atoms with Crippen LogP contribution in [0.3, 0.4) is 0 Å². The minimum Gasteiger partial charge on any atom is -0.480 e. The van der Waals surface area contributed by atoms with Crippen LogP contribution in [-0.4, -0.2) is 70.4 Å². The zero-order valence-corrected chi connectivity index (χ0v) is 14.2. The molecule has 24 heavy (non-hydrogen) atoms. The first-order chi connectivity index (χ1) is 11.4. The third-order valence-corrected chi connectivity index (χ3v) is 5.46. The molecule has 2 N–H and O–H groups in total. The van der Waals surface area contributed by atoms with Crippen molar-refractivity contribution in [3.63, 3.8) is 0 Å². The van der Waals surface area contributed by atoms with Crippen molar-refractivity contribution in [1.29, 1.82) is 0 Å². The Bertz CT molecular complexity index is 514. The van der Waals surface area contributed by atoms with E-state index in [1.165, 1.54) is 19.8 Å². The molecule has 7 nitrogen and oxygen atoms in total. The van der Waals surface area contributed by atoms with Crippen LogP contribution in [0.5, 0.6) is 0 Å². The average Bonchev–Trinajstić information content (AvgIpc) is 3.13. The van der Waals surface area contributed by atoms with Crippen molar-refractivity contribution >= 4 is 17.8 Å². The van der Waals surface area contributed by atoms with Crippen LogP contribution in [0.4, 0.5) is 0 Å². The number of aliphatic carboxylic acids is 1. The van der Waals surface area contributed by atoms with E-state index in [0.717, 1.165) is 32.2 Å². The van der Waals surface area contributed by atoms with Gasteiger partial charge in [-0.25, -0.2) is 0 Å². The summed E-state index contributed by atoms with van der Waals surface area (Å²) >= 11 is 0. The number of amides is 2. The molecule has 2 amide bonds. The fourth-order valence-corrected chi connectivity index (χ4v) is 3.87. The van der Waals surface area contributed by atoms with E-state index in [-0.39, 0.29) is 36.5 Å². The van der Waals surface area contributed by atoms with Gasteiger partial charge in [-0.1, -0.05) is 0 Å². The minimum atomic E-state index is -0.786. The van der Waals surface area contributed by atoms with Crippen molar-refractivity contribution in [3.05, 3.63) is 0 Å². The molecule has 0 bridgehead atoms. The Morgan fingerprint density at radius 1 is 1.21 bits per heavy atom. The zero-order chi connectivity index (χ0) is 17.3. The Kier molecular flexibility index (Phi) is 5.08. The summed E-state index contributed by atoms with van der Waals surface area (Å²) in [6, 6.07) is 0.0232. The molecule has 1 heterocycles. The number of likely N-dealkylation sites (tertiary alicyclic amines) is 1. The number of nitrogens with one attached hydrogen (secondary N) is 1. The number of carboxylic acid groups (broad SMARTS) is 1. The van der Waals surface area contributed by atoms with Crippen LogP contribution in [-0.2, 0) is 14.4 Å². The standard InChI is InChI=1S/C17H27N3O4/c1-11(21)20-6-2-3-15(20)17(24)18-13-7-14(8-13)19(10-16(22)23)9-12-4-5-12/h12-15H,2-10H2,1H3,(H,18,24)(H,22,23)/t13?,14?,15-/m1/s1. The zero-order valence-electron chi connectivity index (χ0n) is 14.2. The monoisotopic (exact) mass is 337 g/mol. The Labute approximate surface area is 142 Å². The molecule has 0 spiro atoms. The van der Waals surface area contributed by atoms with E-state index in [0.29, 0.717) is 12.5 Å². The second-order valence-corrected chi connectivity index (χ2v) is 7.47. The molecule has 3 rings (SSSR count). The number of carbonyl (C=O) groups excluding carboxylic acids is 2. The van der Waals surface area contributed by atoms with Crippen molar-refractivity contribution in [3.8, 4) is 0 Å². The molecule has 1 saturated heterocycles. The Hall–Kier alpha value is -1.63. The number of carboxylic acids is 1. The number of nitrogens with zero attached hydrogens (tertiary/aromatic N) is 2. The van der Waals surface area contributed by atoms with Crippen molar-refractivity contribution in [1.82, 2.24) is 15.1 Å². The van der Waals surface area contributed by atoms with Gasteiger partial charge in [0.1, 0.15) is 6.04 Å². The van der Waals surface area contributed by atoms with Crippen LogP contribution >= 0.6 is 0 Å². The third-order valence-electron chi connectivity index (χ3n) is 5.46. The van der Waals surface area contributed by atoms with Gasteiger partial charge in [-0.15, -0.1) is 0 Å². The Morgan fingerprint density at radius 2 is 1.92 bits per heavy atom. The Balaban J connectivity index is 1.46. The first-order valence-corrected chi connectivity index (χ1v) is 8.97. The minimum absolute atomic E-state index is 0.0452. The van der Waals surface area contributed by atoms with Crippen LogP contribution in [0, 0.1) is 5.92 Å².